The Hall–Kier alpha value is -2.42. The molecule has 1 atom stereocenters. The third kappa shape index (κ3) is 2.41. The molecule has 3 aromatic rings. The minimum Gasteiger partial charge on any atom is -0.267 e. The van der Waals surface area contributed by atoms with Gasteiger partial charge in [-0.3, -0.25) is 4.68 Å². The van der Waals surface area contributed by atoms with E-state index >= 15 is 0 Å². The van der Waals surface area contributed by atoms with Crippen molar-refractivity contribution in [3.63, 3.8) is 0 Å². The summed E-state index contributed by atoms with van der Waals surface area (Å²) in [5, 5.41) is 4.56. The normalized spacial score (nSPS) is 16.0. The molecule has 1 unspecified atom stereocenters. The summed E-state index contributed by atoms with van der Waals surface area (Å²) in [5.41, 5.74) is 6.55. The Morgan fingerprint density at radius 1 is 1.12 bits per heavy atom. The van der Waals surface area contributed by atoms with E-state index in [1.807, 2.05) is 17.1 Å². The molecule has 0 saturated carbocycles. The fraction of sp³-hybridized carbons (Fsp3) is 0.318. The van der Waals surface area contributed by atoms with Gasteiger partial charge >= 0.3 is 0 Å². The van der Waals surface area contributed by atoms with E-state index in [-0.39, 0.29) is 17.3 Å². The number of hydrogen-bond donors (Lipinski definition) is 0. The van der Waals surface area contributed by atoms with Crippen molar-refractivity contribution in [2.75, 3.05) is 0 Å². The molecule has 0 saturated heterocycles. The number of benzene rings is 2. The lowest BCUT2D eigenvalue weighted by Gasteiger charge is -2.23. The van der Waals surface area contributed by atoms with Crippen LogP contribution in [0.2, 0.25) is 0 Å². The van der Waals surface area contributed by atoms with Crippen molar-refractivity contribution in [2.24, 2.45) is 0 Å². The van der Waals surface area contributed by atoms with Gasteiger partial charge < -0.3 is 0 Å². The smallest absolute Gasteiger partial charge is 0.124 e. The van der Waals surface area contributed by atoms with Crippen LogP contribution in [0.15, 0.2) is 48.8 Å². The average molecular weight is 334 g/mol. The van der Waals surface area contributed by atoms with Crippen molar-refractivity contribution >= 4 is 0 Å². The molecule has 4 rings (SSSR count). The zero-order valence-electron chi connectivity index (χ0n) is 15.2. The molecule has 1 aliphatic rings. The molecule has 0 amide bonds. The Balaban J connectivity index is 1.93. The third-order valence-corrected chi connectivity index (χ3v) is 5.68. The van der Waals surface area contributed by atoms with Gasteiger partial charge in [0.1, 0.15) is 5.82 Å². The second kappa shape index (κ2) is 5.55. The zero-order chi connectivity index (χ0) is 17.8. The van der Waals surface area contributed by atoms with Crippen LogP contribution in [0, 0.1) is 5.82 Å². The number of fused-ring (bicyclic) bond motifs is 3. The van der Waals surface area contributed by atoms with Crippen LogP contribution in [0.25, 0.3) is 22.3 Å². The molecule has 25 heavy (non-hydrogen) atoms. The van der Waals surface area contributed by atoms with Crippen LogP contribution in [0.4, 0.5) is 4.39 Å². The van der Waals surface area contributed by atoms with Gasteiger partial charge in [-0.15, -0.1) is 0 Å². The number of rotatable bonds is 3. The summed E-state index contributed by atoms with van der Waals surface area (Å²) in [7, 11) is 0. The van der Waals surface area contributed by atoms with E-state index in [1.165, 1.54) is 11.1 Å². The van der Waals surface area contributed by atoms with Crippen LogP contribution in [0.5, 0.6) is 0 Å². The summed E-state index contributed by atoms with van der Waals surface area (Å²) in [4.78, 5) is 0. The number of halogens is 1. The molecule has 0 fully saturated rings. The van der Waals surface area contributed by atoms with Crippen LogP contribution in [0.3, 0.4) is 0 Å². The summed E-state index contributed by atoms with van der Waals surface area (Å²) in [5.74, 6) is 0.0266. The van der Waals surface area contributed by atoms with Crippen LogP contribution in [-0.2, 0) is 5.54 Å². The molecule has 0 bridgehead atoms. The quantitative estimate of drug-likeness (QED) is 0.577. The second-order valence-electron chi connectivity index (χ2n) is 7.57. The number of aromatic nitrogens is 2. The summed E-state index contributed by atoms with van der Waals surface area (Å²) in [6.07, 6.45) is 4.89. The van der Waals surface area contributed by atoms with Gasteiger partial charge in [0.25, 0.3) is 0 Å². The first kappa shape index (κ1) is 16.1. The van der Waals surface area contributed by atoms with Crippen LogP contribution >= 0.6 is 0 Å². The maximum absolute atomic E-state index is 14.4. The number of hydrogen-bond acceptors (Lipinski definition) is 1. The van der Waals surface area contributed by atoms with Gasteiger partial charge in [0.2, 0.25) is 0 Å². The molecule has 1 heterocycles. The highest BCUT2D eigenvalue weighted by Crippen LogP contribution is 2.49. The van der Waals surface area contributed by atoms with E-state index in [9.17, 15) is 4.39 Å². The average Bonchev–Trinajstić information content (AvgIpc) is 3.20. The molecule has 0 aliphatic heterocycles. The van der Waals surface area contributed by atoms with Crippen LogP contribution in [-0.4, -0.2) is 9.78 Å². The highest BCUT2D eigenvalue weighted by Gasteiger charge is 2.29. The molecule has 2 nitrogen and oxygen atoms in total. The second-order valence-corrected chi connectivity index (χ2v) is 7.57. The Bertz CT molecular complexity index is 952. The molecule has 2 aromatic carbocycles. The fourth-order valence-electron chi connectivity index (χ4n) is 3.72. The van der Waals surface area contributed by atoms with Crippen molar-refractivity contribution in [1.29, 1.82) is 0 Å². The summed E-state index contributed by atoms with van der Waals surface area (Å²) in [6.45, 7) is 8.63. The summed E-state index contributed by atoms with van der Waals surface area (Å²) < 4.78 is 16.4. The van der Waals surface area contributed by atoms with Gasteiger partial charge in [-0.1, -0.05) is 38.1 Å². The predicted octanol–water partition coefficient (Wildman–Crippen LogP) is 5.97. The Kier molecular flexibility index (Phi) is 3.57. The standard InChI is InChI=1S/C22H23FN2/c1-5-22(3,4)25-13-15(12-24-25)20-11-16(23)10-19-14(2)17-8-6-7-9-18(17)21(19)20/h6-14H,5H2,1-4H3. The molecule has 1 aliphatic carbocycles. The first-order valence-electron chi connectivity index (χ1n) is 8.90. The van der Waals surface area contributed by atoms with E-state index < -0.39 is 0 Å². The maximum Gasteiger partial charge on any atom is 0.124 e. The van der Waals surface area contributed by atoms with E-state index in [4.69, 9.17) is 0 Å². The highest BCUT2D eigenvalue weighted by molar-refractivity contribution is 5.91. The number of nitrogens with zero attached hydrogens (tertiary/aromatic N) is 2. The Labute approximate surface area is 148 Å². The lowest BCUT2D eigenvalue weighted by molar-refractivity contribution is 0.308. The SMILES string of the molecule is CCC(C)(C)n1cc(-c2cc(F)cc3c2-c2ccccc2C3C)cn1. The van der Waals surface area contributed by atoms with Gasteiger partial charge in [-0.05, 0) is 60.2 Å². The van der Waals surface area contributed by atoms with Crippen LogP contribution in [0.1, 0.15) is 51.2 Å². The van der Waals surface area contributed by atoms with Gasteiger partial charge in [0, 0.05) is 17.7 Å². The minimum absolute atomic E-state index is 0.0556. The van der Waals surface area contributed by atoms with Gasteiger partial charge in [-0.25, -0.2) is 4.39 Å². The Morgan fingerprint density at radius 2 is 1.88 bits per heavy atom. The van der Waals surface area contributed by atoms with Crippen LogP contribution < -0.4 is 0 Å². The monoisotopic (exact) mass is 334 g/mol. The summed E-state index contributed by atoms with van der Waals surface area (Å²) >= 11 is 0. The van der Waals surface area contributed by atoms with Crippen molar-refractivity contribution < 1.29 is 4.39 Å². The van der Waals surface area contributed by atoms with Gasteiger partial charge in [-0.2, -0.15) is 5.10 Å². The largest absolute Gasteiger partial charge is 0.267 e. The molecule has 128 valence electrons. The highest BCUT2D eigenvalue weighted by atomic mass is 19.1. The Morgan fingerprint density at radius 3 is 2.64 bits per heavy atom. The molecule has 1 aromatic heterocycles. The maximum atomic E-state index is 14.4. The molecular weight excluding hydrogens is 311 g/mol. The van der Waals surface area contributed by atoms with Crippen molar-refractivity contribution in [1.82, 2.24) is 9.78 Å². The first-order valence-corrected chi connectivity index (χ1v) is 8.90. The molecule has 0 spiro atoms. The molecule has 3 heteroatoms. The van der Waals surface area contributed by atoms with Crippen molar-refractivity contribution in [3.05, 3.63) is 65.7 Å². The van der Waals surface area contributed by atoms with Gasteiger partial charge in [0.05, 0.1) is 11.7 Å². The molecular formula is C22H23FN2. The van der Waals surface area contributed by atoms with Crippen molar-refractivity contribution in [2.45, 2.75) is 45.6 Å². The van der Waals surface area contributed by atoms with Gasteiger partial charge in [0.15, 0.2) is 0 Å². The topological polar surface area (TPSA) is 17.8 Å². The van der Waals surface area contributed by atoms with E-state index in [2.05, 4.69) is 57.1 Å². The minimum atomic E-state index is -0.184. The van der Waals surface area contributed by atoms with Crippen molar-refractivity contribution in [3.8, 4) is 22.3 Å². The van der Waals surface area contributed by atoms with E-state index in [0.717, 1.165) is 28.7 Å². The summed E-state index contributed by atoms with van der Waals surface area (Å²) in [6, 6.07) is 11.7. The fourth-order valence-corrected chi connectivity index (χ4v) is 3.72. The molecule has 0 radical (unpaired) electrons. The third-order valence-electron chi connectivity index (χ3n) is 5.68. The lowest BCUT2D eigenvalue weighted by Crippen LogP contribution is -2.25. The predicted molar refractivity (Wildman–Crippen MR) is 100 cm³/mol. The van der Waals surface area contributed by atoms with E-state index in [1.54, 1.807) is 12.1 Å². The first-order chi connectivity index (χ1) is 11.9. The zero-order valence-corrected chi connectivity index (χ0v) is 15.2. The molecule has 0 N–H and O–H groups in total. The lowest BCUT2D eigenvalue weighted by atomic mass is 9.94. The van der Waals surface area contributed by atoms with E-state index in [0.29, 0.717) is 0 Å².